The minimum Gasteiger partial charge on any atom is -0.496 e. The highest BCUT2D eigenvalue weighted by Crippen LogP contribution is 2.34. The maximum absolute atomic E-state index is 12.6. The van der Waals surface area contributed by atoms with Gasteiger partial charge in [0.1, 0.15) is 5.75 Å². The van der Waals surface area contributed by atoms with Crippen LogP contribution in [-0.4, -0.2) is 33.0 Å². The van der Waals surface area contributed by atoms with Gasteiger partial charge in [0.2, 0.25) is 0 Å². The molecule has 1 N–H and O–H groups in total. The van der Waals surface area contributed by atoms with Gasteiger partial charge in [0, 0.05) is 34.9 Å². The van der Waals surface area contributed by atoms with Crippen molar-refractivity contribution in [2.24, 2.45) is 0 Å². The molecule has 0 saturated carbocycles. The highest BCUT2D eigenvalue weighted by atomic mass is 16.5. The predicted octanol–water partition coefficient (Wildman–Crippen LogP) is 3.87. The Morgan fingerprint density at radius 1 is 0.700 bits per heavy atom. The van der Waals surface area contributed by atoms with Gasteiger partial charge in [-0.05, 0) is 18.2 Å². The second kappa shape index (κ2) is 9.60. The smallest absolute Gasteiger partial charge is 0.251 e. The van der Waals surface area contributed by atoms with E-state index in [-0.39, 0.29) is 18.2 Å². The van der Waals surface area contributed by atoms with Crippen molar-refractivity contribution in [3.63, 3.8) is 0 Å². The van der Waals surface area contributed by atoms with Crippen LogP contribution >= 0.6 is 0 Å². The van der Waals surface area contributed by atoms with E-state index in [1.165, 1.54) is 0 Å². The fourth-order valence-electron chi connectivity index (χ4n) is 3.04. The van der Waals surface area contributed by atoms with E-state index >= 15 is 0 Å². The zero-order valence-electron chi connectivity index (χ0n) is 17.1. The van der Waals surface area contributed by atoms with Crippen LogP contribution in [0.3, 0.4) is 0 Å². The first kappa shape index (κ1) is 20.9. The SMILES string of the molecule is COc1cc(OC)c(OC)cc1CNC(=O)c1ccc(C(=O)c2ccccc2)cc1. The van der Waals surface area contributed by atoms with Crippen molar-refractivity contribution in [1.82, 2.24) is 5.32 Å². The molecule has 0 heterocycles. The zero-order valence-corrected chi connectivity index (χ0v) is 17.1. The molecular formula is C24H23NO5. The lowest BCUT2D eigenvalue weighted by molar-refractivity contribution is 0.0949. The lowest BCUT2D eigenvalue weighted by atomic mass is 10.0. The number of carbonyl (C=O) groups excluding carboxylic acids is 2. The van der Waals surface area contributed by atoms with Crippen LogP contribution in [0.25, 0.3) is 0 Å². The second-order valence-corrected chi connectivity index (χ2v) is 6.47. The zero-order chi connectivity index (χ0) is 21.5. The van der Waals surface area contributed by atoms with Crippen molar-refractivity contribution in [1.29, 1.82) is 0 Å². The first-order valence-corrected chi connectivity index (χ1v) is 9.34. The van der Waals surface area contributed by atoms with Crippen molar-refractivity contribution in [2.75, 3.05) is 21.3 Å². The summed E-state index contributed by atoms with van der Waals surface area (Å²) in [6, 6.07) is 19.1. The number of hydrogen-bond donors (Lipinski definition) is 1. The third kappa shape index (κ3) is 4.60. The normalized spacial score (nSPS) is 10.2. The van der Waals surface area contributed by atoms with Gasteiger partial charge in [0.05, 0.1) is 21.3 Å². The van der Waals surface area contributed by atoms with Gasteiger partial charge in [-0.25, -0.2) is 0 Å². The Balaban J connectivity index is 1.70. The van der Waals surface area contributed by atoms with E-state index in [9.17, 15) is 9.59 Å². The van der Waals surface area contributed by atoms with Crippen LogP contribution < -0.4 is 19.5 Å². The Morgan fingerprint density at radius 2 is 1.23 bits per heavy atom. The molecule has 6 nitrogen and oxygen atoms in total. The third-order valence-corrected chi connectivity index (χ3v) is 4.67. The van der Waals surface area contributed by atoms with E-state index in [2.05, 4.69) is 5.32 Å². The molecule has 0 atom stereocenters. The summed E-state index contributed by atoms with van der Waals surface area (Å²) in [5, 5.41) is 2.86. The number of benzene rings is 3. The van der Waals surface area contributed by atoms with Crippen molar-refractivity contribution in [3.8, 4) is 17.2 Å². The number of rotatable bonds is 8. The Bertz CT molecular complexity index is 1030. The summed E-state index contributed by atoms with van der Waals surface area (Å²) in [5.41, 5.74) is 2.34. The molecule has 0 fully saturated rings. The molecule has 0 aromatic heterocycles. The third-order valence-electron chi connectivity index (χ3n) is 4.67. The average Bonchev–Trinajstić information content (AvgIpc) is 2.82. The molecule has 0 unspecified atom stereocenters. The quantitative estimate of drug-likeness (QED) is 0.576. The molecule has 1 amide bonds. The topological polar surface area (TPSA) is 73.9 Å². The molecule has 3 rings (SSSR count). The van der Waals surface area contributed by atoms with Crippen LogP contribution in [0.2, 0.25) is 0 Å². The van der Waals surface area contributed by atoms with Crippen LogP contribution in [0.5, 0.6) is 17.2 Å². The molecule has 0 bridgehead atoms. The molecule has 0 spiro atoms. The largest absolute Gasteiger partial charge is 0.496 e. The Hall–Kier alpha value is -3.80. The monoisotopic (exact) mass is 405 g/mol. The van der Waals surface area contributed by atoms with Gasteiger partial charge in [0.15, 0.2) is 17.3 Å². The number of methoxy groups -OCH3 is 3. The summed E-state index contributed by atoms with van der Waals surface area (Å²) in [4.78, 5) is 25.0. The second-order valence-electron chi connectivity index (χ2n) is 6.47. The summed E-state index contributed by atoms with van der Waals surface area (Å²) in [6.07, 6.45) is 0. The van der Waals surface area contributed by atoms with E-state index in [0.717, 1.165) is 5.56 Å². The number of ether oxygens (including phenoxy) is 3. The van der Waals surface area contributed by atoms with Crippen molar-refractivity contribution in [2.45, 2.75) is 6.54 Å². The van der Waals surface area contributed by atoms with Crippen LogP contribution in [-0.2, 0) is 6.54 Å². The molecule has 0 saturated heterocycles. The summed E-state index contributed by atoms with van der Waals surface area (Å²) in [5.74, 6) is 1.33. The minimum absolute atomic E-state index is 0.0855. The van der Waals surface area contributed by atoms with Gasteiger partial charge in [-0.3, -0.25) is 9.59 Å². The number of nitrogens with one attached hydrogen (secondary N) is 1. The lowest BCUT2D eigenvalue weighted by Gasteiger charge is -2.14. The van der Waals surface area contributed by atoms with Gasteiger partial charge in [0.25, 0.3) is 5.91 Å². The van der Waals surface area contributed by atoms with Gasteiger partial charge in [-0.1, -0.05) is 42.5 Å². The van der Waals surface area contributed by atoms with Gasteiger partial charge in [-0.2, -0.15) is 0 Å². The summed E-state index contributed by atoms with van der Waals surface area (Å²) in [7, 11) is 4.64. The molecule has 0 aliphatic carbocycles. The molecule has 0 radical (unpaired) electrons. The number of ketones is 1. The minimum atomic E-state index is -0.259. The van der Waals surface area contributed by atoms with Crippen molar-refractivity contribution >= 4 is 11.7 Å². The molecular weight excluding hydrogens is 382 g/mol. The van der Waals surface area contributed by atoms with E-state index in [4.69, 9.17) is 14.2 Å². The number of carbonyl (C=O) groups is 2. The standard InChI is InChI=1S/C24H23NO5/c1-28-20-14-22(30-3)21(29-2)13-19(20)15-25-24(27)18-11-9-17(10-12-18)23(26)16-7-5-4-6-8-16/h4-14H,15H2,1-3H3,(H,25,27). The summed E-state index contributed by atoms with van der Waals surface area (Å²) >= 11 is 0. The molecule has 3 aromatic rings. The number of amides is 1. The van der Waals surface area contributed by atoms with Crippen molar-refractivity contribution in [3.05, 3.63) is 89.0 Å². The molecule has 3 aromatic carbocycles. The Morgan fingerprint density at radius 3 is 1.83 bits per heavy atom. The first-order chi connectivity index (χ1) is 14.6. The highest BCUT2D eigenvalue weighted by Gasteiger charge is 2.14. The molecule has 30 heavy (non-hydrogen) atoms. The molecule has 6 heteroatoms. The Labute approximate surface area is 175 Å². The summed E-state index contributed by atoms with van der Waals surface area (Å²) in [6.45, 7) is 0.243. The van der Waals surface area contributed by atoms with Crippen LogP contribution in [0, 0.1) is 0 Å². The predicted molar refractivity (Wildman–Crippen MR) is 114 cm³/mol. The van der Waals surface area contributed by atoms with E-state index in [1.54, 1.807) is 69.9 Å². The Kier molecular flexibility index (Phi) is 6.70. The average molecular weight is 405 g/mol. The maximum atomic E-state index is 12.6. The van der Waals surface area contributed by atoms with Crippen LogP contribution in [0.1, 0.15) is 31.8 Å². The fourth-order valence-corrected chi connectivity index (χ4v) is 3.04. The maximum Gasteiger partial charge on any atom is 0.251 e. The van der Waals surface area contributed by atoms with Crippen molar-refractivity contribution < 1.29 is 23.8 Å². The first-order valence-electron chi connectivity index (χ1n) is 9.34. The molecule has 0 aliphatic rings. The molecule has 154 valence electrons. The summed E-state index contributed by atoms with van der Waals surface area (Å²) < 4.78 is 16.0. The van der Waals surface area contributed by atoms with Gasteiger partial charge >= 0.3 is 0 Å². The number of hydrogen-bond acceptors (Lipinski definition) is 5. The van der Waals surface area contributed by atoms with E-state index in [0.29, 0.717) is 33.9 Å². The van der Waals surface area contributed by atoms with Crippen LogP contribution in [0.15, 0.2) is 66.7 Å². The van der Waals surface area contributed by atoms with E-state index < -0.39 is 0 Å². The highest BCUT2D eigenvalue weighted by molar-refractivity contribution is 6.09. The fraction of sp³-hybridized carbons (Fsp3) is 0.167. The molecule has 0 aliphatic heterocycles. The van der Waals surface area contributed by atoms with Crippen LogP contribution in [0.4, 0.5) is 0 Å². The van der Waals surface area contributed by atoms with Gasteiger partial charge in [-0.15, -0.1) is 0 Å². The van der Waals surface area contributed by atoms with E-state index in [1.807, 2.05) is 18.2 Å². The van der Waals surface area contributed by atoms with Gasteiger partial charge < -0.3 is 19.5 Å². The lowest BCUT2D eigenvalue weighted by Crippen LogP contribution is -2.23.